The van der Waals surface area contributed by atoms with E-state index in [1.807, 2.05) is 0 Å². The minimum absolute atomic E-state index is 0.288. The van der Waals surface area contributed by atoms with Crippen LogP contribution >= 0.6 is 0 Å². The third kappa shape index (κ3) is 1.55. The van der Waals surface area contributed by atoms with Crippen molar-refractivity contribution in [2.24, 2.45) is 22.7 Å². The number of allylic oxidation sites excluding steroid dienone is 2. The Labute approximate surface area is 111 Å². The van der Waals surface area contributed by atoms with Crippen molar-refractivity contribution in [2.45, 2.75) is 65.7 Å². The first kappa shape index (κ1) is 12.4. The molecule has 18 heavy (non-hydrogen) atoms. The van der Waals surface area contributed by atoms with Crippen LogP contribution in [-0.4, -0.2) is 5.78 Å². The topological polar surface area (TPSA) is 17.1 Å². The fourth-order valence-corrected chi connectivity index (χ4v) is 5.25. The maximum absolute atomic E-state index is 12.0. The van der Waals surface area contributed by atoms with Crippen LogP contribution in [0.15, 0.2) is 11.6 Å². The number of hydrogen-bond donors (Lipinski definition) is 0. The Bertz CT molecular complexity index is 408. The minimum atomic E-state index is 0.288. The van der Waals surface area contributed by atoms with Gasteiger partial charge in [-0.25, -0.2) is 0 Å². The van der Waals surface area contributed by atoms with E-state index >= 15 is 0 Å². The number of carbonyl (C=O) groups excluding carboxylic acids is 1. The van der Waals surface area contributed by atoms with Gasteiger partial charge >= 0.3 is 0 Å². The third-order valence-corrected chi connectivity index (χ3v) is 6.37. The predicted octanol–water partition coefficient (Wildman–Crippen LogP) is 4.52. The molecule has 0 heterocycles. The van der Waals surface area contributed by atoms with Crippen LogP contribution in [0.1, 0.15) is 65.7 Å². The normalized spacial score (nSPS) is 48.2. The molecule has 0 aromatic heterocycles. The van der Waals surface area contributed by atoms with Crippen molar-refractivity contribution in [3.05, 3.63) is 11.6 Å². The van der Waals surface area contributed by atoms with Crippen LogP contribution in [0.25, 0.3) is 0 Å². The summed E-state index contributed by atoms with van der Waals surface area (Å²) in [5.41, 5.74) is 2.49. The van der Waals surface area contributed by atoms with Crippen molar-refractivity contribution in [3.8, 4) is 0 Å². The number of rotatable bonds is 0. The summed E-state index contributed by atoms with van der Waals surface area (Å²) in [5, 5.41) is 0. The smallest absolute Gasteiger partial charge is 0.136 e. The molecule has 3 aliphatic rings. The summed E-state index contributed by atoms with van der Waals surface area (Å²) in [6, 6.07) is 0. The fraction of sp³-hybridized carbons (Fsp3) is 0.824. The number of carbonyl (C=O) groups is 1. The lowest BCUT2D eigenvalue weighted by atomic mass is 9.47. The highest BCUT2D eigenvalue weighted by atomic mass is 16.1. The average Bonchev–Trinajstić information content (AvgIpc) is 2.34. The van der Waals surface area contributed by atoms with Gasteiger partial charge in [-0.1, -0.05) is 32.4 Å². The molecule has 0 bridgehead atoms. The van der Waals surface area contributed by atoms with Gasteiger partial charge in [0.15, 0.2) is 0 Å². The molecule has 2 saturated carbocycles. The van der Waals surface area contributed by atoms with E-state index in [2.05, 4.69) is 26.8 Å². The molecule has 1 nitrogen and oxygen atoms in total. The first-order valence-corrected chi connectivity index (χ1v) is 7.71. The fourth-order valence-electron chi connectivity index (χ4n) is 5.25. The molecule has 0 amide bonds. The van der Waals surface area contributed by atoms with Crippen molar-refractivity contribution in [1.29, 1.82) is 0 Å². The van der Waals surface area contributed by atoms with Crippen LogP contribution in [0.3, 0.4) is 0 Å². The molecular weight excluding hydrogens is 220 g/mol. The summed E-state index contributed by atoms with van der Waals surface area (Å²) < 4.78 is 0. The van der Waals surface area contributed by atoms with E-state index in [-0.39, 0.29) is 5.92 Å². The van der Waals surface area contributed by atoms with E-state index in [0.717, 1.165) is 12.8 Å². The zero-order chi connectivity index (χ0) is 13.0. The zero-order valence-corrected chi connectivity index (χ0v) is 12.1. The van der Waals surface area contributed by atoms with Crippen LogP contribution in [0.4, 0.5) is 0 Å². The van der Waals surface area contributed by atoms with Crippen molar-refractivity contribution in [1.82, 2.24) is 0 Å². The molecule has 2 fully saturated rings. The molecule has 0 spiro atoms. The molecule has 0 aliphatic heterocycles. The van der Waals surface area contributed by atoms with Crippen molar-refractivity contribution < 1.29 is 4.79 Å². The molecule has 0 saturated heterocycles. The van der Waals surface area contributed by atoms with Crippen LogP contribution in [0.5, 0.6) is 0 Å². The van der Waals surface area contributed by atoms with Gasteiger partial charge in [-0.2, -0.15) is 0 Å². The summed E-state index contributed by atoms with van der Waals surface area (Å²) in [5.74, 6) is 1.41. The maximum Gasteiger partial charge on any atom is 0.136 e. The molecular formula is C17H26O. The molecule has 4 atom stereocenters. The molecule has 0 radical (unpaired) electrons. The van der Waals surface area contributed by atoms with E-state index in [9.17, 15) is 4.79 Å². The molecule has 100 valence electrons. The number of fused-ring (bicyclic) bond motifs is 3. The Morgan fingerprint density at radius 2 is 2.00 bits per heavy atom. The average molecular weight is 246 g/mol. The number of ketones is 1. The standard InChI is InChI=1S/C17H26O/c1-12-13-7-10-16(2)9-5-4-6-15(16)17(13,3)11-8-14(12)18/h6,12-13H,4-5,7-11H2,1-3H3/t12-,13?,16?,17?/m1/s1. The number of hydrogen-bond acceptors (Lipinski definition) is 1. The van der Waals surface area contributed by atoms with Crippen LogP contribution in [0, 0.1) is 22.7 Å². The van der Waals surface area contributed by atoms with Crippen molar-refractivity contribution in [2.75, 3.05) is 0 Å². The molecule has 3 aliphatic carbocycles. The summed E-state index contributed by atoms with van der Waals surface area (Å²) in [6.45, 7) is 7.10. The maximum atomic E-state index is 12.0. The van der Waals surface area contributed by atoms with Gasteiger partial charge in [-0.3, -0.25) is 4.79 Å². The van der Waals surface area contributed by atoms with Gasteiger partial charge in [0.2, 0.25) is 0 Å². The van der Waals surface area contributed by atoms with Gasteiger partial charge < -0.3 is 0 Å². The first-order valence-electron chi connectivity index (χ1n) is 7.71. The van der Waals surface area contributed by atoms with Crippen molar-refractivity contribution >= 4 is 5.78 Å². The molecule has 0 aromatic rings. The summed E-state index contributed by atoms with van der Waals surface area (Å²) in [4.78, 5) is 12.0. The predicted molar refractivity (Wildman–Crippen MR) is 74.3 cm³/mol. The summed E-state index contributed by atoms with van der Waals surface area (Å²) in [7, 11) is 0. The van der Waals surface area contributed by atoms with Gasteiger partial charge in [0.05, 0.1) is 0 Å². The van der Waals surface area contributed by atoms with Crippen LogP contribution in [-0.2, 0) is 4.79 Å². The Hall–Kier alpha value is -0.590. The SMILES string of the molecule is C[C@H]1C(=O)CCC2(C)C3=CCCCC3(C)CCC12. The van der Waals surface area contributed by atoms with Gasteiger partial charge in [0, 0.05) is 12.3 Å². The Morgan fingerprint density at radius 3 is 2.78 bits per heavy atom. The third-order valence-electron chi connectivity index (χ3n) is 6.37. The summed E-state index contributed by atoms with van der Waals surface area (Å²) in [6.07, 6.45) is 11.0. The molecule has 1 heteroatoms. The lowest BCUT2D eigenvalue weighted by Gasteiger charge is -2.57. The second-order valence-electron chi connectivity index (χ2n) is 7.39. The van der Waals surface area contributed by atoms with Gasteiger partial charge in [-0.15, -0.1) is 0 Å². The highest BCUT2D eigenvalue weighted by Crippen LogP contribution is 2.62. The Morgan fingerprint density at radius 1 is 1.22 bits per heavy atom. The zero-order valence-electron chi connectivity index (χ0n) is 12.1. The Kier molecular flexibility index (Phi) is 2.73. The van der Waals surface area contributed by atoms with E-state index in [4.69, 9.17) is 0 Å². The molecule has 3 rings (SSSR count). The lowest BCUT2D eigenvalue weighted by molar-refractivity contribution is -0.131. The lowest BCUT2D eigenvalue weighted by Crippen LogP contribution is -2.49. The monoisotopic (exact) mass is 246 g/mol. The first-order chi connectivity index (χ1) is 8.47. The van der Waals surface area contributed by atoms with Crippen LogP contribution in [0.2, 0.25) is 0 Å². The van der Waals surface area contributed by atoms with E-state index in [1.165, 1.54) is 32.1 Å². The number of Topliss-reactive ketones (excluding diaryl/α,β-unsaturated/α-hetero) is 1. The van der Waals surface area contributed by atoms with E-state index in [1.54, 1.807) is 5.57 Å². The minimum Gasteiger partial charge on any atom is -0.299 e. The molecule has 0 N–H and O–H groups in total. The highest BCUT2D eigenvalue weighted by Gasteiger charge is 2.54. The largest absolute Gasteiger partial charge is 0.299 e. The molecule has 0 aromatic carbocycles. The quantitative estimate of drug-likeness (QED) is 0.574. The second kappa shape index (κ2) is 3.95. The highest BCUT2D eigenvalue weighted by molar-refractivity contribution is 5.82. The van der Waals surface area contributed by atoms with Gasteiger partial charge in [0.25, 0.3) is 0 Å². The van der Waals surface area contributed by atoms with Gasteiger partial charge in [0.1, 0.15) is 5.78 Å². The van der Waals surface area contributed by atoms with Crippen molar-refractivity contribution in [3.63, 3.8) is 0 Å². The van der Waals surface area contributed by atoms with Gasteiger partial charge in [-0.05, 0) is 55.3 Å². The van der Waals surface area contributed by atoms with Crippen LogP contribution < -0.4 is 0 Å². The molecule has 3 unspecified atom stereocenters. The second-order valence-corrected chi connectivity index (χ2v) is 7.39. The van der Waals surface area contributed by atoms with E-state index in [0.29, 0.717) is 22.5 Å². The summed E-state index contributed by atoms with van der Waals surface area (Å²) >= 11 is 0. The van der Waals surface area contributed by atoms with E-state index < -0.39 is 0 Å². The Balaban J connectivity index is 2.02.